The Labute approximate surface area is 201 Å². The van der Waals surface area contributed by atoms with Crippen LogP contribution in [0.25, 0.3) is 16.8 Å². The minimum atomic E-state index is -0.165. The lowest BCUT2D eigenvalue weighted by Crippen LogP contribution is -2.20. The van der Waals surface area contributed by atoms with Gasteiger partial charge in [0, 0.05) is 0 Å². The molecule has 0 bridgehead atoms. The Balaban J connectivity index is 1.25. The smallest absolute Gasteiger partial charge is 0.250 e. The first-order chi connectivity index (χ1) is 16.1. The number of aromatic nitrogens is 2. The molecule has 0 saturated heterocycles. The van der Waals surface area contributed by atoms with Crippen molar-refractivity contribution in [2.45, 2.75) is 12.2 Å². The average Bonchev–Trinajstić information content (AvgIpc) is 3.32. The molecule has 4 aromatic rings. The van der Waals surface area contributed by atoms with Gasteiger partial charge in [-0.05, 0) is 41.3 Å². The molecule has 1 aliphatic carbocycles. The maximum Gasteiger partial charge on any atom is 0.250 e. The molecule has 1 N–H and O–H groups in total. The molecule has 5 rings (SSSR count). The molecule has 1 aliphatic rings. The summed E-state index contributed by atoms with van der Waals surface area (Å²) in [6.07, 6.45) is 1.55. The number of nitrogens with one attached hydrogen (secondary N) is 1. The molecular formula is C26H21ClN4OS. The molecule has 3 aromatic carbocycles. The van der Waals surface area contributed by atoms with Gasteiger partial charge in [0.05, 0.1) is 34.2 Å². The summed E-state index contributed by atoms with van der Waals surface area (Å²) < 4.78 is 1.76. The zero-order valence-corrected chi connectivity index (χ0v) is 19.5. The van der Waals surface area contributed by atoms with Crippen molar-refractivity contribution in [3.05, 3.63) is 106 Å². The number of amides is 1. The number of rotatable bonds is 6. The van der Waals surface area contributed by atoms with Crippen molar-refractivity contribution in [2.24, 2.45) is 5.10 Å². The quantitative estimate of drug-likeness (QED) is 0.285. The summed E-state index contributed by atoms with van der Waals surface area (Å²) >= 11 is 7.92. The highest BCUT2D eigenvalue weighted by Gasteiger charge is 2.28. The van der Waals surface area contributed by atoms with Gasteiger partial charge in [0.2, 0.25) is 5.91 Å². The summed E-state index contributed by atoms with van der Waals surface area (Å²) in [6.45, 7) is 1.92. The first-order valence-corrected chi connectivity index (χ1v) is 12.0. The third-order valence-corrected chi connectivity index (χ3v) is 7.21. The van der Waals surface area contributed by atoms with Crippen LogP contribution >= 0.6 is 23.4 Å². The van der Waals surface area contributed by atoms with Crippen molar-refractivity contribution < 1.29 is 4.79 Å². The van der Waals surface area contributed by atoms with Crippen LogP contribution in [0.3, 0.4) is 0 Å². The summed E-state index contributed by atoms with van der Waals surface area (Å²) in [5.74, 6) is 0.128. The fourth-order valence-corrected chi connectivity index (χ4v) is 5.51. The van der Waals surface area contributed by atoms with Gasteiger partial charge in [-0.2, -0.15) is 10.2 Å². The minimum absolute atomic E-state index is 0.132. The number of benzene rings is 3. The maximum atomic E-state index is 12.5. The largest absolute Gasteiger partial charge is 0.272 e. The first kappa shape index (κ1) is 21.5. The summed E-state index contributed by atoms with van der Waals surface area (Å²) in [6, 6.07) is 26.5. The molecule has 0 fully saturated rings. The van der Waals surface area contributed by atoms with Gasteiger partial charge in [-0.3, -0.25) is 4.79 Å². The summed E-state index contributed by atoms with van der Waals surface area (Å²) in [5, 5.41) is 8.98. The summed E-state index contributed by atoms with van der Waals surface area (Å²) in [7, 11) is 0. The van der Waals surface area contributed by atoms with E-state index in [0.717, 1.165) is 11.4 Å². The van der Waals surface area contributed by atoms with Gasteiger partial charge in [0.15, 0.2) is 5.15 Å². The van der Waals surface area contributed by atoms with Crippen molar-refractivity contribution in [2.75, 3.05) is 5.75 Å². The highest BCUT2D eigenvalue weighted by molar-refractivity contribution is 8.00. The predicted molar refractivity (Wildman–Crippen MR) is 135 cm³/mol. The second-order valence-corrected chi connectivity index (χ2v) is 9.15. The van der Waals surface area contributed by atoms with Gasteiger partial charge in [0.1, 0.15) is 0 Å². The zero-order valence-electron chi connectivity index (χ0n) is 17.9. The van der Waals surface area contributed by atoms with E-state index < -0.39 is 0 Å². The number of fused-ring (bicyclic) bond motifs is 3. The monoisotopic (exact) mass is 472 g/mol. The summed E-state index contributed by atoms with van der Waals surface area (Å²) in [5.41, 5.74) is 10.0. The third-order valence-electron chi connectivity index (χ3n) is 5.66. The number of para-hydroxylation sites is 1. The Hall–Kier alpha value is -3.35. The number of halogens is 1. The predicted octanol–water partition coefficient (Wildman–Crippen LogP) is 5.79. The molecule has 1 heterocycles. The van der Waals surface area contributed by atoms with Crippen LogP contribution in [0.2, 0.25) is 5.15 Å². The van der Waals surface area contributed by atoms with Crippen LogP contribution < -0.4 is 5.43 Å². The number of nitrogens with zero attached hydrogens (tertiary/aromatic N) is 3. The van der Waals surface area contributed by atoms with E-state index in [1.54, 1.807) is 22.7 Å². The topological polar surface area (TPSA) is 59.3 Å². The van der Waals surface area contributed by atoms with E-state index in [0.29, 0.717) is 16.5 Å². The molecule has 0 atom stereocenters. The van der Waals surface area contributed by atoms with Crippen LogP contribution in [0.4, 0.5) is 0 Å². The Morgan fingerprint density at radius 1 is 1.03 bits per heavy atom. The van der Waals surface area contributed by atoms with E-state index in [1.807, 2.05) is 49.4 Å². The molecule has 7 heteroatoms. The molecule has 1 amide bonds. The van der Waals surface area contributed by atoms with E-state index in [2.05, 4.69) is 52.0 Å². The number of hydrazone groups is 1. The minimum Gasteiger partial charge on any atom is -0.272 e. The average molecular weight is 473 g/mol. The Morgan fingerprint density at radius 3 is 2.30 bits per heavy atom. The number of carbonyl (C=O) groups excluding carboxylic acids is 1. The lowest BCUT2D eigenvalue weighted by atomic mass is 10.1. The lowest BCUT2D eigenvalue weighted by Gasteiger charge is -2.12. The van der Waals surface area contributed by atoms with Crippen molar-refractivity contribution in [1.82, 2.24) is 15.2 Å². The van der Waals surface area contributed by atoms with Gasteiger partial charge < -0.3 is 0 Å². The van der Waals surface area contributed by atoms with Crippen molar-refractivity contribution >= 4 is 35.5 Å². The standard InChI is InChI=1S/C26H21ClN4OS/c1-17-23(26(27)30-31(17)18-9-3-2-4-10-18)15-28-29-24(32)16-33-25-21-13-7-5-11-19(21)20-12-6-8-14-22(20)25/h2-15,25H,16H2,1H3,(H,29,32)/b28-15-. The fraction of sp³-hybridized carbons (Fsp3) is 0.115. The van der Waals surface area contributed by atoms with E-state index in [9.17, 15) is 4.79 Å². The van der Waals surface area contributed by atoms with Crippen LogP contribution in [0.1, 0.15) is 27.6 Å². The van der Waals surface area contributed by atoms with Crippen LogP contribution in [-0.4, -0.2) is 27.7 Å². The number of thioether (sulfide) groups is 1. The second kappa shape index (κ2) is 9.25. The number of carbonyl (C=O) groups is 1. The lowest BCUT2D eigenvalue weighted by molar-refractivity contribution is -0.118. The molecule has 0 saturated carbocycles. The maximum absolute atomic E-state index is 12.5. The second-order valence-electron chi connectivity index (χ2n) is 7.70. The Bertz CT molecular complexity index is 1300. The molecule has 164 valence electrons. The van der Waals surface area contributed by atoms with Crippen molar-refractivity contribution in [3.63, 3.8) is 0 Å². The molecule has 1 aromatic heterocycles. The number of hydrogen-bond acceptors (Lipinski definition) is 4. The SMILES string of the molecule is Cc1c(/C=N\NC(=O)CSC2c3ccccc3-c3ccccc32)c(Cl)nn1-c1ccccc1. The van der Waals surface area contributed by atoms with E-state index >= 15 is 0 Å². The van der Waals surface area contributed by atoms with Crippen molar-refractivity contribution in [1.29, 1.82) is 0 Å². The van der Waals surface area contributed by atoms with E-state index in [1.165, 1.54) is 22.3 Å². The van der Waals surface area contributed by atoms with Crippen LogP contribution in [0.5, 0.6) is 0 Å². The summed E-state index contributed by atoms with van der Waals surface area (Å²) in [4.78, 5) is 12.5. The Morgan fingerprint density at radius 2 is 1.64 bits per heavy atom. The zero-order chi connectivity index (χ0) is 22.8. The molecular weight excluding hydrogens is 452 g/mol. The first-order valence-electron chi connectivity index (χ1n) is 10.6. The number of hydrogen-bond donors (Lipinski definition) is 1. The Kier molecular flexibility index (Phi) is 6.03. The van der Waals surface area contributed by atoms with Gasteiger partial charge >= 0.3 is 0 Å². The highest BCUT2D eigenvalue weighted by atomic mass is 35.5. The van der Waals surface area contributed by atoms with Crippen LogP contribution in [0, 0.1) is 6.92 Å². The van der Waals surface area contributed by atoms with Crippen LogP contribution in [-0.2, 0) is 4.79 Å². The van der Waals surface area contributed by atoms with Gasteiger partial charge in [0.25, 0.3) is 0 Å². The third kappa shape index (κ3) is 4.19. The molecule has 0 aliphatic heterocycles. The van der Waals surface area contributed by atoms with E-state index in [4.69, 9.17) is 11.6 Å². The fourth-order valence-electron chi connectivity index (χ4n) is 4.10. The van der Waals surface area contributed by atoms with Crippen molar-refractivity contribution in [3.8, 4) is 16.8 Å². The molecule has 0 spiro atoms. The molecule has 5 nitrogen and oxygen atoms in total. The normalized spacial score (nSPS) is 12.7. The van der Waals surface area contributed by atoms with Crippen LogP contribution in [0.15, 0.2) is 84.0 Å². The van der Waals surface area contributed by atoms with Gasteiger partial charge in [-0.1, -0.05) is 78.3 Å². The van der Waals surface area contributed by atoms with Gasteiger partial charge in [-0.15, -0.1) is 11.8 Å². The molecule has 0 unspecified atom stereocenters. The highest BCUT2D eigenvalue weighted by Crippen LogP contribution is 2.49. The molecule has 33 heavy (non-hydrogen) atoms. The molecule has 0 radical (unpaired) electrons. The van der Waals surface area contributed by atoms with Gasteiger partial charge in [-0.25, -0.2) is 10.1 Å². The van der Waals surface area contributed by atoms with E-state index in [-0.39, 0.29) is 11.2 Å².